The molecule has 0 bridgehead atoms. The Balaban J connectivity index is 0.00000420. The molecule has 0 fully saturated rings. The van der Waals surface area contributed by atoms with E-state index < -0.39 is 17.8 Å². The zero-order valence-electron chi connectivity index (χ0n) is 15.8. The van der Waals surface area contributed by atoms with Crippen LogP contribution in [0.3, 0.4) is 0 Å². The van der Waals surface area contributed by atoms with Gasteiger partial charge in [-0.3, -0.25) is 4.98 Å². The van der Waals surface area contributed by atoms with E-state index in [1.54, 1.807) is 6.20 Å². The number of guanidine groups is 1. The molecule has 0 spiro atoms. The van der Waals surface area contributed by atoms with Crippen LogP contribution in [-0.4, -0.2) is 41.9 Å². The molecule has 29 heavy (non-hydrogen) atoms. The lowest BCUT2D eigenvalue weighted by Crippen LogP contribution is -2.42. The van der Waals surface area contributed by atoms with Crippen LogP contribution in [0.5, 0.6) is 5.75 Å². The Morgan fingerprint density at radius 3 is 2.48 bits per heavy atom. The van der Waals surface area contributed by atoms with Gasteiger partial charge < -0.3 is 20.5 Å². The summed E-state index contributed by atoms with van der Waals surface area (Å²) in [5.41, 5.74) is 0.0624. The van der Waals surface area contributed by atoms with Crippen LogP contribution in [0.4, 0.5) is 13.2 Å². The summed E-state index contributed by atoms with van der Waals surface area (Å²) in [5, 5.41) is 16.1. The third-order valence-electron chi connectivity index (χ3n) is 3.60. The second-order valence-electron chi connectivity index (χ2n) is 5.88. The van der Waals surface area contributed by atoms with Crippen molar-refractivity contribution in [2.45, 2.75) is 25.7 Å². The predicted molar refractivity (Wildman–Crippen MR) is 115 cm³/mol. The predicted octanol–water partition coefficient (Wildman–Crippen LogP) is 3.21. The molecule has 3 N–H and O–H groups in total. The largest absolute Gasteiger partial charge is 0.491 e. The molecule has 10 heteroatoms. The highest BCUT2D eigenvalue weighted by atomic mass is 127. The van der Waals surface area contributed by atoms with Crippen LogP contribution in [0.1, 0.15) is 18.2 Å². The van der Waals surface area contributed by atoms with E-state index in [-0.39, 0.29) is 42.9 Å². The first-order valence-electron chi connectivity index (χ1n) is 8.78. The number of nitrogens with one attached hydrogen (secondary N) is 2. The minimum atomic E-state index is -4.39. The second-order valence-corrected chi connectivity index (χ2v) is 5.88. The number of nitrogens with zero attached hydrogens (tertiary/aromatic N) is 2. The van der Waals surface area contributed by atoms with Crippen molar-refractivity contribution in [2.75, 3.05) is 19.7 Å². The number of ether oxygens (including phenoxy) is 1. The van der Waals surface area contributed by atoms with Crippen LogP contribution >= 0.6 is 24.0 Å². The normalized spacial score (nSPS) is 12.7. The highest BCUT2D eigenvalue weighted by Gasteiger charge is 2.30. The highest BCUT2D eigenvalue weighted by Crippen LogP contribution is 2.30. The molecule has 0 aliphatic carbocycles. The quantitative estimate of drug-likeness (QED) is 0.281. The van der Waals surface area contributed by atoms with Crippen LogP contribution in [0.15, 0.2) is 53.7 Å². The SMILES string of the molecule is CCNC(=NCc1ccccn1)NCC(O)COc1ccc(C(F)(F)F)cc1.I. The van der Waals surface area contributed by atoms with Crippen molar-refractivity contribution in [3.05, 3.63) is 59.9 Å². The number of benzene rings is 1. The third kappa shape index (κ3) is 9.31. The zero-order chi connectivity index (χ0) is 20.4. The lowest BCUT2D eigenvalue weighted by atomic mass is 10.2. The van der Waals surface area contributed by atoms with E-state index in [1.807, 2.05) is 25.1 Å². The third-order valence-corrected chi connectivity index (χ3v) is 3.60. The molecule has 0 aliphatic rings. The summed E-state index contributed by atoms with van der Waals surface area (Å²) < 4.78 is 42.9. The van der Waals surface area contributed by atoms with E-state index in [0.29, 0.717) is 19.0 Å². The van der Waals surface area contributed by atoms with Gasteiger partial charge in [0.25, 0.3) is 0 Å². The maximum absolute atomic E-state index is 12.5. The molecular weight excluding hydrogens is 500 g/mol. The van der Waals surface area contributed by atoms with Crippen molar-refractivity contribution in [1.82, 2.24) is 15.6 Å². The van der Waals surface area contributed by atoms with Gasteiger partial charge >= 0.3 is 6.18 Å². The van der Waals surface area contributed by atoms with E-state index in [4.69, 9.17) is 4.74 Å². The molecule has 1 unspecified atom stereocenters. The summed E-state index contributed by atoms with van der Waals surface area (Å²) in [6, 6.07) is 9.88. The molecule has 2 aromatic rings. The van der Waals surface area contributed by atoms with E-state index >= 15 is 0 Å². The average Bonchev–Trinajstić information content (AvgIpc) is 2.69. The van der Waals surface area contributed by atoms with Gasteiger partial charge in [0.1, 0.15) is 18.5 Å². The van der Waals surface area contributed by atoms with Gasteiger partial charge in [-0.2, -0.15) is 13.2 Å². The Bertz CT molecular complexity index is 743. The lowest BCUT2D eigenvalue weighted by molar-refractivity contribution is -0.137. The van der Waals surface area contributed by atoms with Gasteiger partial charge in [-0.05, 0) is 43.3 Å². The maximum Gasteiger partial charge on any atom is 0.416 e. The fourth-order valence-electron chi connectivity index (χ4n) is 2.20. The first kappa shape index (κ1) is 25.0. The molecular formula is C19H24F3IN4O2. The molecule has 0 radical (unpaired) electrons. The first-order chi connectivity index (χ1) is 13.4. The monoisotopic (exact) mass is 524 g/mol. The van der Waals surface area contributed by atoms with E-state index in [0.717, 1.165) is 17.8 Å². The fourth-order valence-corrected chi connectivity index (χ4v) is 2.20. The van der Waals surface area contributed by atoms with Crippen LogP contribution in [0, 0.1) is 0 Å². The van der Waals surface area contributed by atoms with Gasteiger partial charge in [0.05, 0.1) is 17.8 Å². The molecule has 2 rings (SSSR count). The van der Waals surface area contributed by atoms with Crippen molar-refractivity contribution < 1.29 is 23.0 Å². The van der Waals surface area contributed by atoms with Crippen LogP contribution in [0.25, 0.3) is 0 Å². The molecule has 1 aromatic heterocycles. The average molecular weight is 524 g/mol. The number of hydrogen-bond donors (Lipinski definition) is 3. The summed E-state index contributed by atoms with van der Waals surface area (Å²) in [6.45, 7) is 3.04. The summed E-state index contributed by atoms with van der Waals surface area (Å²) >= 11 is 0. The Kier molecular flexibility index (Phi) is 10.7. The standard InChI is InChI=1S/C19H23F3N4O2.HI/c1-2-23-18(25-11-15-5-3-4-10-24-15)26-12-16(27)13-28-17-8-6-14(7-9-17)19(20,21)22;/h3-10,16,27H,2,11-13H2,1H3,(H2,23,25,26);1H. The van der Waals surface area contributed by atoms with Crippen molar-refractivity contribution in [2.24, 2.45) is 4.99 Å². The number of alkyl halides is 3. The molecule has 1 heterocycles. The van der Waals surface area contributed by atoms with Gasteiger partial charge in [0, 0.05) is 19.3 Å². The smallest absolute Gasteiger partial charge is 0.416 e. The highest BCUT2D eigenvalue weighted by molar-refractivity contribution is 14.0. The van der Waals surface area contributed by atoms with E-state index in [1.165, 1.54) is 12.1 Å². The Hall–Kier alpha value is -2.08. The van der Waals surface area contributed by atoms with Crippen molar-refractivity contribution >= 4 is 29.9 Å². The minimum absolute atomic E-state index is 0. The van der Waals surface area contributed by atoms with Crippen LogP contribution in [-0.2, 0) is 12.7 Å². The number of aliphatic hydroxyl groups is 1. The van der Waals surface area contributed by atoms with Crippen molar-refractivity contribution in [1.29, 1.82) is 0 Å². The van der Waals surface area contributed by atoms with E-state index in [9.17, 15) is 18.3 Å². The topological polar surface area (TPSA) is 78.8 Å². The molecule has 0 amide bonds. The second kappa shape index (κ2) is 12.5. The van der Waals surface area contributed by atoms with Gasteiger partial charge in [-0.25, -0.2) is 4.99 Å². The summed E-state index contributed by atoms with van der Waals surface area (Å²) in [4.78, 5) is 8.57. The van der Waals surface area contributed by atoms with Crippen molar-refractivity contribution in [3.63, 3.8) is 0 Å². The summed E-state index contributed by atoms with van der Waals surface area (Å²) in [7, 11) is 0. The molecule has 1 aromatic carbocycles. The molecule has 160 valence electrons. The number of rotatable bonds is 8. The number of pyridine rings is 1. The maximum atomic E-state index is 12.5. The molecule has 0 aliphatic heterocycles. The molecule has 1 atom stereocenters. The van der Waals surface area contributed by atoms with Crippen LogP contribution < -0.4 is 15.4 Å². The Labute approximate surface area is 184 Å². The summed E-state index contributed by atoms with van der Waals surface area (Å²) in [6.07, 6.45) is -3.58. The fraction of sp³-hybridized carbons (Fsp3) is 0.368. The van der Waals surface area contributed by atoms with Crippen LogP contribution in [0.2, 0.25) is 0 Å². The summed E-state index contributed by atoms with van der Waals surface area (Å²) in [5.74, 6) is 0.768. The Morgan fingerprint density at radius 1 is 1.17 bits per heavy atom. The zero-order valence-corrected chi connectivity index (χ0v) is 18.1. The number of aliphatic hydroxyl groups excluding tert-OH is 1. The van der Waals surface area contributed by atoms with E-state index in [2.05, 4.69) is 20.6 Å². The van der Waals surface area contributed by atoms with Gasteiger partial charge in [-0.15, -0.1) is 24.0 Å². The van der Waals surface area contributed by atoms with Gasteiger partial charge in [0.2, 0.25) is 0 Å². The number of aromatic nitrogens is 1. The minimum Gasteiger partial charge on any atom is -0.491 e. The number of hydrogen-bond acceptors (Lipinski definition) is 4. The molecule has 6 nitrogen and oxygen atoms in total. The van der Waals surface area contributed by atoms with Gasteiger partial charge in [-0.1, -0.05) is 6.07 Å². The Morgan fingerprint density at radius 2 is 1.90 bits per heavy atom. The molecule has 0 saturated heterocycles. The number of halogens is 4. The number of aliphatic imine (C=N–C) groups is 1. The first-order valence-corrected chi connectivity index (χ1v) is 8.78. The lowest BCUT2D eigenvalue weighted by Gasteiger charge is -2.16. The van der Waals surface area contributed by atoms with Gasteiger partial charge in [0.15, 0.2) is 5.96 Å². The van der Waals surface area contributed by atoms with Crippen molar-refractivity contribution in [3.8, 4) is 5.75 Å². The molecule has 0 saturated carbocycles.